The lowest BCUT2D eigenvalue weighted by molar-refractivity contribution is -0.110. The molecule has 0 heterocycles. The highest BCUT2D eigenvalue weighted by atomic mass is 79.9. The van der Waals surface area contributed by atoms with Crippen molar-refractivity contribution in [3.05, 3.63) is 33.8 Å². The molecule has 0 N–H and O–H groups in total. The molecule has 0 radical (unpaired) electrons. The number of benzene rings is 1. The Hall–Kier alpha value is -0.630. The Labute approximate surface area is 79.9 Å². The Balaban J connectivity index is 2.35. The molecule has 1 unspecified atom stereocenters. The fraction of sp³-hybridized carbons (Fsp3) is 0.300. The van der Waals surface area contributed by atoms with Crippen LogP contribution in [0.2, 0.25) is 0 Å². The summed E-state index contributed by atoms with van der Waals surface area (Å²) in [5.74, 6) is 0.217. The predicted octanol–water partition coefficient (Wildman–Crippen LogP) is 2.36. The van der Waals surface area contributed by atoms with Crippen molar-refractivity contribution < 1.29 is 4.79 Å². The second-order valence-corrected chi connectivity index (χ2v) is 4.13. The molecule has 0 bridgehead atoms. The summed E-state index contributed by atoms with van der Waals surface area (Å²) in [6.07, 6.45) is 2.90. The molecule has 1 aromatic rings. The predicted molar refractivity (Wildman–Crippen MR) is 51.1 cm³/mol. The largest absolute Gasteiger partial charge is 0.303 e. The maximum absolute atomic E-state index is 10.5. The van der Waals surface area contributed by atoms with E-state index in [1.807, 2.05) is 6.07 Å². The monoisotopic (exact) mass is 224 g/mol. The number of hydrogen-bond donors (Lipinski definition) is 0. The van der Waals surface area contributed by atoms with Gasteiger partial charge in [-0.2, -0.15) is 0 Å². The fourth-order valence-corrected chi connectivity index (χ4v) is 2.13. The number of hydrogen-bond acceptors (Lipinski definition) is 1. The molecular weight excluding hydrogens is 216 g/mol. The standard InChI is InChI=1S/C10H9BrO/c11-10-2-1-8-3-7(6-12)4-9(8)5-10/h1-2,5-7H,3-4H2. The molecule has 0 saturated carbocycles. The number of carbonyl (C=O) groups is 1. The van der Waals surface area contributed by atoms with Gasteiger partial charge >= 0.3 is 0 Å². The van der Waals surface area contributed by atoms with Crippen LogP contribution in [0.5, 0.6) is 0 Å². The Kier molecular flexibility index (Phi) is 2.01. The molecule has 1 aliphatic rings. The Morgan fingerprint density at radius 3 is 2.83 bits per heavy atom. The van der Waals surface area contributed by atoms with Crippen LogP contribution in [0.3, 0.4) is 0 Å². The molecule has 0 fully saturated rings. The maximum atomic E-state index is 10.5. The van der Waals surface area contributed by atoms with Crippen molar-refractivity contribution >= 4 is 22.2 Å². The van der Waals surface area contributed by atoms with Crippen LogP contribution in [0.15, 0.2) is 22.7 Å². The zero-order valence-corrected chi connectivity index (χ0v) is 8.17. The maximum Gasteiger partial charge on any atom is 0.123 e. The number of rotatable bonds is 1. The molecule has 1 atom stereocenters. The van der Waals surface area contributed by atoms with Crippen LogP contribution in [0.25, 0.3) is 0 Å². The van der Waals surface area contributed by atoms with Crippen LogP contribution >= 0.6 is 15.9 Å². The molecule has 0 aromatic heterocycles. The van der Waals surface area contributed by atoms with Crippen LogP contribution in [0.4, 0.5) is 0 Å². The zero-order valence-electron chi connectivity index (χ0n) is 6.59. The summed E-state index contributed by atoms with van der Waals surface area (Å²) >= 11 is 3.42. The second-order valence-electron chi connectivity index (χ2n) is 3.22. The van der Waals surface area contributed by atoms with Gasteiger partial charge in [0.25, 0.3) is 0 Å². The van der Waals surface area contributed by atoms with Gasteiger partial charge in [0.1, 0.15) is 6.29 Å². The van der Waals surface area contributed by atoms with Crippen molar-refractivity contribution in [1.82, 2.24) is 0 Å². The summed E-state index contributed by atoms with van der Waals surface area (Å²) in [5.41, 5.74) is 2.65. The van der Waals surface area contributed by atoms with Gasteiger partial charge in [-0.15, -0.1) is 0 Å². The van der Waals surface area contributed by atoms with Crippen LogP contribution in [-0.2, 0) is 17.6 Å². The molecule has 62 valence electrons. The van der Waals surface area contributed by atoms with Gasteiger partial charge in [0.2, 0.25) is 0 Å². The first kappa shape index (κ1) is 7.99. The summed E-state index contributed by atoms with van der Waals surface area (Å²) in [4.78, 5) is 10.5. The van der Waals surface area contributed by atoms with Gasteiger partial charge in [0.05, 0.1) is 0 Å². The summed E-state index contributed by atoms with van der Waals surface area (Å²) in [6.45, 7) is 0. The molecule has 1 nitrogen and oxygen atoms in total. The van der Waals surface area contributed by atoms with E-state index in [4.69, 9.17) is 0 Å². The van der Waals surface area contributed by atoms with Crippen LogP contribution in [0, 0.1) is 5.92 Å². The first-order valence-electron chi connectivity index (χ1n) is 4.02. The summed E-state index contributed by atoms with van der Waals surface area (Å²) in [6, 6.07) is 6.24. The molecule has 0 amide bonds. The van der Waals surface area contributed by atoms with E-state index in [2.05, 4.69) is 28.1 Å². The van der Waals surface area contributed by atoms with E-state index < -0.39 is 0 Å². The Morgan fingerprint density at radius 1 is 1.33 bits per heavy atom. The second kappa shape index (κ2) is 3.02. The molecule has 0 spiro atoms. The normalized spacial score (nSPS) is 20.6. The third-order valence-corrected chi connectivity index (χ3v) is 2.82. The molecule has 2 heteroatoms. The summed E-state index contributed by atoms with van der Waals surface area (Å²) in [5, 5.41) is 0. The molecule has 1 aromatic carbocycles. The van der Waals surface area contributed by atoms with Crippen molar-refractivity contribution in [3.8, 4) is 0 Å². The van der Waals surface area contributed by atoms with Gasteiger partial charge in [-0.1, -0.05) is 22.0 Å². The lowest BCUT2D eigenvalue weighted by Crippen LogP contribution is -1.99. The average Bonchev–Trinajstić information content (AvgIpc) is 2.46. The minimum absolute atomic E-state index is 0.217. The summed E-state index contributed by atoms with van der Waals surface area (Å²) < 4.78 is 1.10. The minimum atomic E-state index is 0.217. The SMILES string of the molecule is O=CC1Cc2ccc(Br)cc2C1. The van der Waals surface area contributed by atoms with Crippen molar-refractivity contribution in [1.29, 1.82) is 0 Å². The number of fused-ring (bicyclic) bond motifs is 1. The third kappa shape index (κ3) is 1.31. The lowest BCUT2D eigenvalue weighted by Gasteiger charge is -1.96. The first-order valence-corrected chi connectivity index (χ1v) is 4.81. The topological polar surface area (TPSA) is 17.1 Å². The number of carbonyl (C=O) groups excluding carboxylic acids is 1. The van der Waals surface area contributed by atoms with Gasteiger partial charge in [-0.3, -0.25) is 0 Å². The molecule has 0 aliphatic heterocycles. The molecule has 1 aliphatic carbocycles. The minimum Gasteiger partial charge on any atom is -0.303 e. The highest BCUT2D eigenvalue weighted by molar-refractivity contribution is 9.10. The van der Waals surface area contributed by atoms with E-state index in [-0.39, 0.29) is 5.92 Å². The van der Waals surface area contributed by atoms with E-state index >= 15 is 0 Å². The van der Waals surface area contributed by atoms with E-state index in [1.165, 1.54) is 11.1 Å². The quantitative estimate of drug-likeness (QED) is 0.670. The van der Waals surface area contributed by atoms with Gasteiger partial charge in [0.15, 0.2) is 0 Å². The highest BCUT2D eigenvalue weighted by Gasteiger charge is 2.20. The molecule has 0 saturated heterocycles. The van der Waals surface area contributed by atoms with E-state index in [9.17, 15) is 4.79 Å². The van der Waals surface area contributed by atoms with E-state index in [0.717, 1.165) is 23.6 Å². The third-order valence-electron chi connectivity index (χ3n) is 2.32. The van der Waals surface area contributed by atoms with Crippen molar-refractivity contribution in [2.45, 2.75) is 12.8 Å². The Bertz CT molecular complexity index is 320. The molecule has 12 heavy (non-hydrogen) atoms. The van der Waals surface area contributed by atoms with Crippen LogP contribution < -0.4 is 0 Å². The lowest BCUT2D eigenvalue weighted by atomic mass is 10.1. The molecule has 2 rings (SSSR count). The zero-order chi connectivity index (χ0) is 8.55. The van der Waals surface area contributed by atoms with Crippen molar-refractivity contribution in [2.24, 2.45) is 5.92 Å². The number of aldehydes is 1. The highest BCUT2D eigenvalue weighted by Crippen LogP contribution is 2.27. The fourth-order valence-electron chi connectivity index (χ4n) is 1.72. The summed E-state index contributed by atoms with van der Waals surface area (Å²) in [7, 11) is 0. The van der Waals surface area contributed by atoms with Gasteiger partial charge in [-0.25, -0.2) is 0 Å². The van der Waals surface area contributed by atoms with Crippen molar-refractivity contribution in [2.75, 3.05) is 0 Å². The smallest absolute Gasteiger partial charge is 0.123 e. The van der Waals surface area contributed by atoms with E-state index in [1.54, 1.807) is 0 Å². The Morgan fingerprint density at radius 2 is 2.08 bits per heavy atom. The average molecular weight is 225 g/mol. The first-order chi connectivity index (χ1) is 5.79. The number of halogens is 1. The van der Waals surface area contributed by atoms with E-state index in [0.29, 0.717) is 0 Å². The van der Waals surface area contributed by atoms with Crippen LogP contribution in [-0.4, -0.2) is 6.29 Å². The van der Waals surface area contributed by atoms with Crippen LogP contribution in [0.1, 0.15) is 11.1 Å². The van der Waals surface area contributed by atoms with Gasteiger partial charge in [-0.05, 0) is 36.1 Å². The van der Waals surface area contributed by atoms with Crippen molar-refractivity contribution in [3.63, 3.8) is 0 Å². The van der Waals surface area contributed by atoms with Gasteiger partial charge < -0.3 is 4.79 Å². The van der Waals surface area contributed by atoms with Gasteiger partial charge in [0, 0.05) is 10.4 Å². The molecular formula is C10H9BrO.